The Labute approximate surface area is 104 Å². The molecule has 0 aliphatic carbocycles. The molecular formula is C15H12F2O. The lowest BCUT2D eigenvalue weighted by molar-refractivity contribution is -0.0498. The van der Waals surface area contributed by atoms with Crippen LogP contribution in [0.4, 0.5) is 8.78 Å². The zero-order valence-electron chi connectivity index (χ0n) is 9.59. The van der Waals surface area contributed by atoms with Gasteiger partial charge in [0, 0.05) is 0 Å². The van der Waals surface area contributed by atoms with E-state index < -0.39 is 6.61 Å². The van der Waals surface area contributed by atoms with Crippen LogP contribution >= 0.6 is 0 Å². The van der Waals surface area contributed by atoms with Gasteiger partial charge < -0.3 is 4.74 Å². The van der Waals surface area contributed by atoms with Crippen molar-refractivity contribution < 1.29 is 13.5 Å². The lowest BCUT2D eigenvalue weighted by Crippen LogP contribution is -2.01. The van der Waals surface area contributed by atoms with Crippen molar-refractivity contribution in [2.45, 2.75) is 6.61 Å². The van der Waals surface area contributed by atoms with Crippen LogP contribution in [0.5, 0.6) is 5.75 Å². The van der Waals surface area contributed by atoms with E-state index in [0.717, 1.165) is 11.1 Å². The minimum atomic E-state index is -2.78. The topological polar surface area (TPSA) is 9.23 Å². The van der Waals surface area contributed by atoms with Crippen molar-refractivity contribution >= 4 is 12.2 Å². The summed E-state index contributed by atoms with van der Waals surface area (Å²) in [5.74, 6) is 0.168. The summed E-state index contributed by atoms with van der Waals surface area (Å²) in [6, 6.07) is 16.4. The molecule has 2 aromatic rings. The fraction of sp³-hybridized carbons (Fsp3) is 0.0667. The van der Waals surface area contributed by atoms with Crippen molar-refractivity contribution in [3.05, 3.63) is 65.7 Å². The van der Waals surface area contributed by atoms with Crippen molar-refractivity contribution in [3.63, 3.8) is 0 Å². The molecule has 0 spiro atoms. The number of alkyl halides is 2. The zero-order valence-corrected chi connectivity index (χ0v) is 9.59. The van der Waals surface area contributed by atoms with Crippen molar-refractivity contribution in [1.82, 2.24) is 0 Å². The second kappa shape index (κ2) is 5.96. The molecule has 92 valence electrons. The van der Waals surface area contributed by atoms with Crippen LogP contribution in [0.3, 0.4) is 0 Å². The molecule has 0 N–H and O–H groups in total. The average Bonchev–Trinajstić information content (AvgIpc) is 2.38. The molecule has 0 aromatic heterocycles. The average molecular weight is 246 g/mol. The van der Waals surface area contributed by atoms with Crippen LogP contribution in [0, 0.1) is 0 Å². The predicted octanol–water partition coefficient (Wildman–Crippen LogP) is 4.46. The highest BCUT2D eigenvalue weighted by atomic mass is 19.3. The number of halogens is 2. The van der Waals surface area contributed by atoms with Gasteiger partial charge in [0.2, 0.25) is 0 Å². The zero-order chi connectivity index (χ0) is 12.8. The molecule has 0 aliphatic rings. The molecule has 0 amide bonds. The Hall–Kier alpha value is -2.16. The first-order valence-electron chi connectivity index (χ1n) is 5.52. The van der Waals surface area contributed by atoms with Gasteiger partial charge in [0.1, 0.15) is 5.75 Å². The van der Waals surface area contributed by atoms with Gasteiger partial charge in [-0.1, -0.05) is 54.6 Å². The first kappa shape index (κ1) is 12.3. The molecule has 3 heteroatoms. The summed E-state index contributed by atoms with van der Waals surface area (Å²) in [7, 11) is 0. The van der Waals surface area contributed by atoms with Gasteiger partial charge in [-0.05, 0) is 23.3 Å². The van der Waals surface area contributed by atoms with Gasteiger partial charge in [0.25, 0.3) is 0 Å². The van der Waals surface area contributed by atoms with Gasteiger partial charge in [-0.3, -0.25) is 0 Å². The third-order valence-electron chi connectivity index (χ3n) is 2.37. The Bertz CT molecular complexity index is 504. The minimum absolute atomic E-state index is 0.168. The fourth-order valence-electron chi connectivity index (χ4n) is 1.52. The largest absolute Gasteiger partial charge is 0.435 e. The summed E-state index contributed by atoms with van der Waals surface area (Å²) < 4.78 is 28.2. The first-order valence-corrected chi connectivity index (χ1v) is 5.52. The van der Waals surface area contributed by atoms with Crippen molar-refractivity contribution in [3.8, 4) is 5.75 Å². The molecule has 0 heterocycles. The number of hydrogen-bond acceptors (Lipinski definition) is 1. The molecule has 0 bridgehead atoms. The van der Waals surface area contributed by atoms with E-state index in [2.05, 4.69) is 4.74 Å². The number of ether oxygens (including phenoxy) is 1. The van der Waals surface area contributed by atoms with Crippen LogP contribution < -0.4 is 4.74 Å². The highest BCUT2D eigenvalue weighted by molar-refractivity contribution is 5.69. The fourth-order valence-corrected chi connectivity index (χ4v) is 1.52. The van der Waals surface area contributed by atoms with Crippen LogP contribution in [0.1, 0.15) is 11.1 Å². The molecule has 18 heavy (non-hydrogen) atoms. The van der Waals surface area contributed by atoms with Gasteiger partial charge in [-0.15, -0.1) is 0 Å². The van der Waals surface area contributed by atoms with E-state index in [9.17, 15) is 8.78 Å². The Morgan fingerprint density at radius 3 is 1.89 bits per heavy atom. The molecule has 0 radical (unpaired) electrons. The van der Waals surface area contributed by atoms with Crippen LogP contribution in [0.25, 0.3) is 12.2 Å². The molecule has 0 saturated heterocycles. The van der Waals surface area contributed by atoms with E-state index in [0.29, 0.717) is 0 Å². The Morgan fingerprint density at radius 1 is 0.778 bits per heavy atom. The van der Waals surface area contributed by atoms with Gasteiger partial charge in [0.05, 0.1) is 0 Å². The quantitative estimate of drug-likeness (QED) is 0.724. The molecule has 0 saturated carbocycles. The number of rotatable bonds is 4. The van der Waals surface area contributed by atoms with E-state index in [-0.39, 0.29) is 5.75 Å². The molecule has 1 nitrogen and oxygen atoms in total. The molecule has 0 atom stereocenters. The van der Waals surface area contributed by atoms with E-state index in [1.54, 1.807) is 12.1 Å². The summed E-state index contributed by atoms with van der Waals surface area (Å²) in [5.41, 5.74) is 2.02. The standard InChI is InChI=1S/C15H12F2O/c16-15(17)18-14-10-8-13(9-11-14)7-6-12-4-2-1-3-5-12/h1-11,15H. The molecule has 0 fully saturated rings. The summed E-state index contributed by atoms with van der Waals surface area (Å²) in [6.45, 7) is -2.78. The lowest BCUT2D eigenvalue weighted by atomic mass is 10.1. The van der Waals surface area contributed by atoms with Crippen LogP contribution in [-0.4, -0.2) is 6.61 Å². The molecule has 0 unspecified atom stereocenters. The monoisotopic (exact) mass is 246 g/mol. The van der Waals surface area contributed by atoms with Gasteiger partial charge in [0.15, 0.2) is 0 Å². The van der Waals surface area contributed by atoms with E-state index in [1.807, 2.05) is 42.5 Å². The van der Waals surface area contributed by atoms with Crippen molar-refractivity contribution in [1.29, 1.82) is 0 Å². The van der Waals surface area contributed by atoms with Gasteiger partial charge >= 0.3 is 6.61 Å². The Balaban J connectivity index is 2.04. The molecule has 0 aliphatic heterocycles. The van der Waals surface area contributed by atoms with Crippen LogP contribution in [0.15, 0.2) is 54.6 Å². The second-order valence-electron chi connectivity index (χ2n) is 3.69. The smallest absolute Gasteiger partial charge is 0.387 e. The Morgan fingerprint density at radius 2 is 1.33 bits per heavy atom. The maximum Gasteiger partial charge on any atom is 0.387 e. The summed E-state index contributed by atoms with van der Waals surface area (Å²) in [5, 5.41) is 0. The van der Waals surface area contributed by atoms with Crippen LogP contribution in [-0.2, 0) is 0 Å². The van der Waals surface area contributed by atoms with E-state index >= 15 is 0 Å². The van der Waals surface area contributed by atoms with Crippen molar-refractivity contribution in [2.24, 2.45) is 0 Å². The molecule has 2 rings (SSSR count). The SMILES string of the molecule is FC(F)Oc1ccc(C=Cc2ccccc2)cc1. The van der Waals surface area contributed by atoms with Crippen molar-refractivity contribution in [2.75, 3.05) is 0 Å². The van der Waals surface area contributed by atoms with Crippen LogP contribution in [0.2, 0.25) is 0 Å². The normalized spacial score (nSPS) is 11.1. The first-order chi connectivity index (χ1) is 8.74. The van der Waals surface area contributed by atoms with Gasteiger partial charge in [-0.25, -0.2) is 0 Å². The minimum Gasteiger partial charge on any atom is -0.435 e. The summed E-state index contributed by atoms with van der Waals surface area (Å²) >= 11 is 0. The Kier molecular flexibility index (Phi) is 4.07. The second-order valence-corrected chi connectivity index (χ2v) is 3.69. The maximum atomic E-state index is 12.0. The highest BCUT2D eigenvalue weighted by Gasteiger charge is 2.02. The summed E-state index contributed by atoms with van der Waals surface area (Å²) in [4.78, 5) is 0. The lowest BCUT2D eigenvalue weighted by Gasteiger charge is -2.03. The maximum absolute atomic E-state index is 12.0. The predicted molar refractivity (Wildman–Crippen MR) is 68.4 cm³/mol. The third-order valence-corrected chi connectivity index (χ3v) is 2.37. The highest BCUT2D eigenvalue weighted by Crippen LogP contribution is 2.16. The number of hydrogen-bond donors (Lipinski definition) is 0. The molecular weight excluding hydrogens is 234 g/mol. The van der Waals surface area contributed by atoms with Gasteiger partial charge in [-0.2, -0.15) is 8.78 Å². The number of benzene rings is 2. The van der Waals surface area contributed by atoms with E-state index in [4.69, 9.17) is 0 Å². The third kappa shape index (κ3) is 3.70. The summed E-state index contributed by atoms with van der Waals surface area (Å²) in [6.07, 6.45) is 3.88. The molecule has 2 aromatic carbocycles. The van der Waals surface area contributed by atoms with E-state index in [1.165, 1.54) is 12.1 Å².